The van der Waals surface area contributed by atoms with Crippen LogP contribution < -0.4 is 0 Å². The average Bonchev–Trinajstić information content (AvgIpc) is 2.95. The van der Waals surface area contributed by atoms with Gasteiger partial charge in [-0.25, -0.2) is 14.3 Å². The first-order valence-electron chi connectivity index (χ1n) is 8.10. The van der Waals surface area contributed by atoms with Gasteiger partial charge in [0.05, 0.1) is 12.6 Å². The third kappa shape index (κ3) is 5.60. The molecule has 0 bridgehead atoms. The summed E-state index contributed by atoms with van der Waals surface area (Å²) in [6, 6.07) is 7.02. The van der Waals surface area contributed by atoms with Gasteiger partial charge < -0.3 is 15.2 Å². The quantitative estimate of drug-likeness (QED) is 0.297. The van der Waals surface area contributed by atoms with E-state index in [1.807, 2.05) is 12.1 Å². The first-order valence-corrected chi connectivity index (χ1v) is 9.08. The summed E-state index contributed by atoms with van der Waals surface area (Å²) in [6.45, 7) is 0. The highest BCUT2D eigenvalue weighted by atomic mass is 32.2. The molecule has 0 saturated carbocycles. The number of carbonyl (C=O) groups is 1. The van der Waals surface area contributed by atoms with Crippen LogP contribution in [0.4, 0.5) is 5.82 Å². The maximum absolute atomic E-state index is 10.8. The first-order chi connectivity index (χ1) is 12.0. The number of carboxylic acid groups (broad SMARTS) is 1. The predicted octanol–water partition coefficient (Wildman–Crippen LogP) is 3.92. The second-order valence-corrected chi connectivity index (χ2v) is 6.79. The molecule has 0 fully saturated rings. The van der Waals surface area contributed by atoms with Crippen LogP contribution in [0.5, 0.6) is 0 Å². The monoisotopic (exact) mass is 363 g/mol. The predicted molar refractivity (Wildman–Crippen MR) is 96.2 cm³/mol. The molecule has 7 nitrogen and oxygen atoms in total. The number of aryl methyl sites for hydroxylation is 1. The third-order valence-corrected chi connectivity index (χ3v) is 5.03. The normalized spacial score (nSPS) is 10.8. The number of thioether (sulfide) groups is 1. The molecule has 0 aliphatic rings. The lowest BCUT2D eigenvalue weighted by Gasteiger charge is -2.03. The van der Waals surface area contributed by atoms with Crippen LogP contribution in [0.3, 0.4) is 0 Å². The molecular weight excluding hydrogens is 342 g/mol. The number of imidazole rings is 1. The summed E-state index contributed by atoms with van der Waals surface area (Å²) in [4.78, 5) is 25.2. The molecule has 0 radical (unpaired) electrons. The van der Waals surface area contributed by atoms with Crippen molar-refractivity contribution in [2.24, 2.45) is 7.05 Å². The van der Waals surface area contributed by atoms with E-state index in [1.54, 1.807) is 19.2 Å². The van der Waals surface area contributed by atoms with Crippen LogP contribution in [0.25, 0.3) is 0 Å². The highest BCUT2D eigenvalue weighted by molar-refractivity contribution is 7.99. The first kappa shape index (κ1) is 19.0. The van der Waals surface area contributed by atoms with Gasteiger partial charge in [-0.15, -0.1) is 0 Å². The summed E-state index contributed by atoms with van der Waals surface area (Å²) in [7, 11) is 1.66. The Labute approximate surface area is 150 Å². The number of carboxylic acids is 1. The van der Waals surface area contributed by atoms with Crippen molar-refractivity contribution in [1.82, 2.24) is 9.55 Å². The van der Waals surface area contributed by atoms with Gasteiger partial charge in [-0.2, -0.15) is 0 Å². The van der Waals surface area contributed by atoms with Crippen LogP contribution in [0.2, 0.25) is 0 Å². The minimum Gasteiger partial charge on any atom is -0.478 e. The standard InChI is InChI=1S/C17H21N3O4S/c1-19-15(20(23)24)12-18-17(19)25-11-5-3-2-4-6-13-7-9-14(10-8-13)16(21)22/h7-10,12H,2-6,11H2,1H3,(H,21,22). The molecule has 1 aromatic heterocycles. The van der Waals surface area contributed by atoms with Crippen molar-refractivity contribution in [3.8, 4) is 0 Å². The Bertz CT molecular complexity index is 728. The largest absolute Gasteiger partial charge is 0.478 e. The SMILES string of the molecule is Cn1c([N+](=O)[O-])cnc1SCCCCCCc1ccc(C(=O)O)cc1. The molecule has 0 unspecified atom stereocenters. The van der Waals surface area contributed by atoms with Gasteiger partial charge in [0.2, 0.25) is 0 Å². The number of nitro groups is 1. The zero-order chi connectivity index (χ0) is 18.2. The van der Waals surface area contributed by atoms with E-state index in [0.717, 1.165) is 43.4 Å². The van der Waals surface area contributed by atoms with Crippen molar-refractivity contribution in [2.75, 3.05) is 5.75 Å². The van der Waals surface area contributed by atoms with Gasteiger partial charge in [-0.05, 0) is 41.9 Å². The summed E-state index contributed by atoms with van der Waals surface area (Å²) >= 11 is 1.54. The van der Waals surface area contributed by atoms with Crippen LogP contribution in [0, 0.1) is 10.1 Å². The molecule has 0 saturated heterocycles. The van der Waals surface area contributed by atoms with E-state index in [9.17, 15) is 14.9 Å². The van der Waals surface area contributed by atoms with Gasteiger partial charge in [-0.3, -0.25) is 0 Å². The fourth-order valence-corrected chi connectivity index (χ4v) is 3.40. The summed E-state index contributed by atoms with van der Waals surface area (Å²) in [5.41, 5.74) is 1.47. The molecule has 0 aliphatic carbocycles. The van der Waals surface area contributed by atoms with Crippen molar-refractivity contribution in [3.05, 3.63) is 51.7 Å². The number of unbranched alkanes of at least 4 members (excludes halogenated alkanes) is 3. The molecule has 2 rings (SSSR count). The number of hydrogen-bond acceptors (Lipinski definition) is 5. The molecule has 25 heavy (non-hydrogen) atoms. The summed E-state index contributed by atoms with van der Waals surface area (Å²) < 4.78 is 1.51. The van der Waals surface area contributed by atoms with E-state index in [2.05, 4.69) is 4.98 Å². The van der Waals surface area contributed by atoms with Crippen molar-refractivity contribution >= 4 is 23.5 Å². The molecule has 1 aromatic carbocycles. The number of aromatic nitrogens is 2. The second kappa shape index (κ2) is 9.22. The topological polar surface area (TPSA) is 98.3 Å². The second-order valence-electron chi connectivity index (χ2n) is 5.73. The van der Waals surface area contributed by atoms with Gasteiger partial charge in [0.15, 0.2) is 0 Å². The van der Waals surface area contributed by atoms with E-state index in [-0.39, 0.29) is 5.82 Å². The number of hydrogen-bond donors (Lipinski definition) is 1. The number of benzene rings is 1. The van der Waals surface area contributed by atoms with Gasteiger partial charge in [0.25, 0.3) is 5.16 Å². The Morgan fingerprint density at radius 1 is 1.24 bits per heavy atom. The average molecular weight is 363 g/mol. The zero-order valence-corrected chi connectivity index (χ0v) is 14.9. The van der Waals surface area contributed by atoms with Gasteiger partial charge in [0, 0.05) is 5.75 Å². The van der Waals surface area contributed by atoms with E-state index in [0.29, 0.717) is 10.7 Å². The molecule has 1 heterocycles. The molecule has 0 spiro atoms. The van der Waals surface area contributed by atoms with E-state index in [4.69, 9.17) is 5.11 Å². The fourth-order valence-electron chi connectivity index (χ4n) is 2.45. The lowest BCUT2D eigenvalue weighted by molar-refractivity contribution is -0.392. The van der Waals surface area contributed by atoms with Crippen LogP contribution in [-0.4, -0.2) is 31.3 Å². The molecule has 0 atom stereocenters. The Kier molecular flexibility index (Phi) is 7.00. The molecule has 0 aliphatic heterocycles. The summed E-state index contributed by atoms with van der Waals surface area (Å²) in [5, 5.41) is 20.3. The third-order valence-electron chi connectivity index (χ3n) is 3.90. The maximum Gasteiger partial charge on any atom is 0.343 e. The Morgan fingerprint density at radius 3 is 2.52 bits per heavy atom. The summed E-state index contributed by atoms with van der Waals surface area (Å²) in [6.07, 6.45) is 6.51. The minimum atomic E-state index is -0.901. The van der Waals surface area contributed by atoms with Gasteiger partial charge in [0.1, 0.15) is 6.20 Å². The number of nitrogens with zero attached hydrogens (tertiary/aromatic N) is 3. The molecule has 2 aromatic rings. The summed E-state index contributed by atoms with van der Waals surface area (Å²) in [5.74, 6) is -0.00603. The molecule has 134 valence electrons. The zero-order valence-electron chi connectivity index (χ0n) is 14.1. The van der Waals surface area contributed by atoms with Crippen molar-refractivity contribution in [2.45, 2.75) is 37.3 Å². The van der Waals surface area contributed by atoms with Gasteiger partial charge >= 0.3 is 11.8 Å². The van der Waals surface area contributed by atoms with Crippen LogP contribution >= 0.6 is 11.8 Å². The lowest BCUT2D eigenvalue weighted by atomic mass is 10.0. The molecule has 1 N–H and O–H groups in total. The lowest BCUT2D eigenvalue weighted by Crippen LogP contribution is -1.98. The van der Waals surface area contributed by atoms with E-state index in [1.165, 1.54) is 22.5 Å². The van der Waals surface area contributed by atoms with E-state index < -0.39 is 10.9 Å². The maximum atomic E-state index is 10.8. The Balaban J connectivity index is 1.60. The van der Waals surface area contributed by atoms with Crippen LogP contribution in [0.15, 0.2) is 35.6 Å². The Hall–Kier alpha value is -2.35. The fraction of sp³-hybridized carbons (Fsp3) is 0.412. The number of aromatic carboxylic acids is 1. The smallest absolute Gasteiger partial charge is 0.343 e. The highest BCUT2D eigenvalue weighted by Gasteiger charge is 2.16. The van der Waals surface area contributed by atoms with Crippen molar-refractivity contribution in [3.63, 3.8) is 0 Å². The Morgan fingerprint density at radius 2 is 1.92 bits per heavy atom. The highest BCUT2D eigenvalue weighted by Crippen LogP contribution is 2.22. The van der Waals surface area contributed by atoms with Crippen molar-refractivity contribution in [1.29, 1.82) is 0 Å². The minimum absolute atomic E-state index is 0.0106. The van der Waals surface area contributed by atoms with Gasteiger partial charge in [-0.1, -0.05) is 36.7 Å². The molecule has 0 amide bonds. The molecule has 8 heteroatoms. The molecular formula is C17H21N3O4S. The number of rotatable bonds is 10. The van der Waals surface area contributed by atoms with Crippen LogP contribution in [-0.2, 0) is 13.5 Å². The van der Waals surface area contributed by atoms with Crippen LogP contribution in [0.1, 0.15) is 41.6 Å². The van der Waals surface area contributed by atoms with Crippen molar-refractivity contribution < 1.29 is 14.8 Å². The van der Waals surface area contributed by atoms with E-state index >= 15 is 0 Å².